The number of carbonyl (C=O) groups is 1. The molecular formula is C25H31N5O2S. The second kappa shape index (κ2) is 10.9. The molecule has 2 aromatic carbocycles. The van der Waals surface area contributed by atoms with Gasteiger partial charge in [-0.2, -0.15) is 0 Å². The maximum Gasteiger partial charge on any atom is 0.240 e. The minimum Gasteiger partial charge on any atom is -0.378 e. The SMILES string of the molecule is CCN(CC)C(=O)C(Sc1nnc(N2CCOCC2)n1-c1cccc(C)c1)c1ccccc1. The summed E-state index contributed by atoms with van der Waals surface area (Å²) in [5.41, 5.74) is 3.11. The second-order valence-corrected chi connectivity index (χ2v) is 9.05. The van der Waals surface area contributed by atoms with Crippen molar-refractivity contribution in [1.82, 2.24) is 19.7 Å². The van der Waals surface area contributed by atoms with Crippen LogP contribution in [0.5, 0.6) is 0 Å². The molecule has 7 nitrogen and oxygen atoms in total. The molecule has 174 valence electrons. The van der Waals surface area contributed by atoms with Gasteiger partial charge in [-0.25, -0.2) is 0 Å². The minimum atomic E-state index is -0.406. The zero-order valence-electron chi connectivity index (χ0n) is 19.5. The molecule has 1 unspecified atom stereocenters. The number of benzene rings is 2. The molecule has 1 aliphatic rings. The summed E-state index contributed by atoms with van der Waals surface area (Å²) in [6.07, 6.45) is 0. The number of nitrogens with zero attached hydrogens (tertiary/aromatic N) is 5. The van der Waals surface area contributed by atoms with Crippen LogP contribution in [0, 0.1) is 6.92 Å². The van der Waals surface area contributed by atoms with E-state index in [1.54, 1.807) is 0 Å². The Balaban J connectivity index is 1.77. The monoisotopic (exact) mass is 465 g/mol. The van der Waals surface area contributed by atoms with Gasteiger partial charge in [0.25, 0.3) is 0 Å². The normalized spacial score (nSPS) is 14.8. The van der Waals surface area contributed by atoms with E-state index >= 15 is 0 Å². The van der Waals surface area contributed by atoms with E-state index in [0.717, 1.165) is 35.9 Å². The molecule has 8 heteroatoms. The van der Waals surface area contributed by atoms with Crippen LogP contribution >= 0.6 is 11.8 Å². The van der Waals surface area contributed by atoms with Gasteiger partial charge in [0.15, 0.2) is 5.16 Å². The van der Waals surface area contributed by atoms with Gasteiger partial charge in [-0.3, -0.25) is 9.36 Å². The van der Waals surface area contributed by atoms with Crippen molar-refractivity contribution in [3.63, 3.8) is 0 Å². The van der Waals surface area contributed by atoms with Crippen molar-refractivity contribution in [2.75, 3.05) is 44.3 Å². The molecule has 0 bridgehead atoms. The third-order valence-corrected chi connectivity index (χ3v) is 6.98. The first kappa shape index (κ1) is 23.3. The lowest BCUT2D eigenvalue weighted by molar-refractivity contribution is -0.130. The molecular weight excluding hydrogens is 434 g/mol. The van der Waals surface area contributed by atoms with Gasteiger partial charge < -0.3 is 14.5 Å². The molecule has 0 N–H and O–H groups in total. The summed E-state index contributed by atoms with van der Waals surface area (Å²) in [4.78, 5) is 17.6. The molecule has 2 heterocycles. The average Bonchev–Trinajstić information content (AvgIpc) is 3.28. The number of hydrogen-bond donors (Lipinski definition) is 0. The Morgan fingerprint density at radius 1 is 1.06 bits per heavy atom. The molecule has 0 radical (unpaired) electrons. The number of likely N-dealkylation sites (N-methyl/N-ethyl adjacent to an activating group) is 1. The third-order valence-electron chi connectivity index (χ3n) is 5.80. The van der Waals surface area contributed by atoms with Gasteiger partial charge >= 0.3 is 0 Å². The summed E-state index contributed by atoms with van der Waals surface area (Å²) in [5.74, 6) is 0.872. The zero-order chi connectivity index (χ0) is 23.2. The van der Waals surface area contributed by atoms with E-state index in [-0.39, 0.29) is 5.91 Å². The van der Waals surface area contributed by atoms with Crippen molar-refractivity contribution in [2.45, 2.75) is 31.2 Å². The fourth-order valence-electron chi connectivity index (χ4n) is 4.00. The molecule has 0 saturated carbocycles. The van der Waals surface area contributed by atoms with Crippen molar-refractivity contribution in [3.8, 4) is 5.69 Å². The van der Waals surface area contributed by atoms with E-state index in [9.17, 15) is 4.79 Å². The van der Waals surface area contributed by atoms with Gasteiger partial charge in [-0.1, -0.05) is 54.2 Å². The third kappa shape index (κ3) is 5.23. The summed E-state index contributed by atoms with van der Waals surface area (Å²) in [6.45, 7) is 10.3. The average molecular weight is 466 g/mol. The topological polar surface area (TPSA) is 63.5 Å². The molecule has 4 rings (SSSR count). The van der Waals surface area contributed by atoms with Crippen molar-refractivity contribution < 1.29 is 9.53 Å². The van der Waals surface area contributed by atoms with Gasteiger partial charge in [0.1, 0.15) is 5.25 Å². The summed E-state index contributed by atoms with van der Waals surface area (Å²) in [5, 5.41) is 9.45. The van der Waals surface area contributed by atoms with E-state index < -0.39 is 5.25 Å². The summed E-state index contributed by atoms with van der Waals surface area (Å²) in [6, 6.07) is 18.2. The number of amides is 1. The van der Waals surface area contributed by atoms with E-state index in [1.165, 1.54) is 11.8 Å². The lowest BCUT2D eigenvalue weighted by Gasteiger charge is -2.28. The molecule has 1 fully saturated rings. The number of morpholine rings is 1. The highest BCUT2D eigenvalue weighted by Crippen LogP contribution is 2.38. The first-order valence-electron chi connectivity index (χ1n) is 11.5. The first-order valence-corrected chi connectivity index (χ1v) is 12.4. The largest absolute Gasteiger partial charge is 0.378 e. The number of hydrogen-bond acceptors (Lipinski definition) is 6. The number of aryl methyl sites for hydroxylation is 1. The van der Waals surface area contributed by atoms with Crippen LogP contribution in [0.4, 0.5) is 5.95 Å². The van der Waals surface area contributed by atoms with Gasteiger partial charge in [-0.15, -0.1) is 10.2 Å². The number of ether oxygens (including phenoxy) is 1. The first-order chi connectivity index (χ1) is 16.1. The van der Waals surface area contributed by atoms with Crippen LogP contribution in [-0.2, 0) is 9.53 Å². The lowest BCUT2D eigenvalue weighted by atomic mass is 10.1. The molecule has 0 aliphatic carbocycles. The number of rotatable bonds is 8. The van der Waals surface area contributed by atoms with Crippen molar-refractivity contribution in [3.05, 3.63) is 65.7 Å². The molecule has 1 amide bonds. The van der Waals surface area contributed by atoms with Crippen molar-refractivity contribution in [2.24, 2.45) is 0 Å². The Morgan fingerprint density at radius 2 is 1.79 bits per heavy atom. The van der Waals surface area contributed by atoms with Gasteiger partial charge in [0.05, 0.1) is 18.9 Å². The summed E-state index contributed by atoms with van der Waals surface area (Å²) in [7, 11) is 0. The standard InChI is InChI=1S/C25H31N5O2S/c1-4-28(5-2)23(31)22(20-11-7-6-8-12-20)33-25-27-26-24(29-14-16-32-17-15-29)30(25)21-13-9-10-19(3)18-21/h6-13,18,22H,4-5,14-17H2,1-3H3. The predicted octanol–water partition coefficient (Wildman–Crippen LogP) is 4.11. The Labute approximate surface area is 199 Å². The van der Waals surface area contributed by atoms with E-state index in [1.807, 2.05) is 55.1 Å². The molecule has 33 heavy (non-hydrogen) atoms. The fraction of sp³-hybridized carbons (Fsp3) is 0.400. The van der Waals surface area contributed by atoms with E-state index in [4.69, 9.17) is 4.74 Å². The highest BCUT2D eigenvalue weighted by atomic mass is 32.2. The highest BCUT2D eigenvalue weighted by Gasteiger charge is 2.30. The molecule has 1 aromatic heterocycles. The quantitative estimate of drug-likeness (QED) is 0.467. The van der Waals surface area contributed by atoms with Crippen LogP contribution in [0.15, 0.2) is 59.8 Å². The zero-order valence-corrected chi connectivity index (χ0v) is 20.3. The lowest BCUT2D eigenvalue weighted by Crippen LogP contribution is -2.38. The van der Waals surface area contributed by atoms with E-state index in [0.29, 0.717) is 31.5 Å². The van der Waals surface area contributed by atoms with Gasteiger partial charge in [-0.05, 0) is 44.0 Å². The summed E-state index contributed by atoms with van der Waals surface area (Å²) >= 11 is 1.46. The van der Waals surface area contributed by atoms with E-state index in [2.05, 4.69) is 44.8 Å². The van der Waals surface area contributed by atoms with Crippen LogP contribution in [0.25, 0.3) is 5.69 Å². The van der Waals surface area contributed by atoms with Crippen molar-refractivity contribution in [1.29, 1.82) is 0 Å². The molecule has 1 saturated heterocycles. The van der Waals surface area contributed by atoms with Crippen LogP contribution in [-0.4, -0.2) is 65.0 Å². The number of carbonyl (C=O) groups excluding carboxylic acids is 1. The summed E-state index contributed by atoms with van der Waals surface area (Å²) < 4.78 is 7.62. The van der Waals surface area contributed by atoms with Gasteiger partial charge in [0, 0.05) is 26.2 Å². The second-order valence-electron chi connectivity index (χ2n) is 7.98. The Hall–Kier alpha value is -2.84. The van der Waals surface area contributed by atoms with Crippen LogP contribution in [0.3, 0.4) is 0 Å². The fourth-order valence-corrected chi connectivity index (χ4v) is 5.13. The number of aromatic nitrogens is 3. The Kier molecular flexibility index (Phi) is 7.67. The Bertz CT molecular complexity index is 1060. The molecule has 1 atom stereocenters. The molecule has 1 aliphatic heterocycles. The highest BCUT2D eigenvalue weighted by molar-refractivity contribution is 8.00. The molecule has 3 aromatic rings. The molecule has 0 spiro atoms. The number of thioether (sulfide) groups is 1. The smallest absolute Gasteiger partial charge is 0.240 e. The van der Waals surface area contributed by atoms with Gasteiger partial charge in [0.2, 0.25) is 11.9 Å². The van der Waals surface area contributed by atoms with Crippen LogP contribution in [0.1, 0.15) is 30.2 Å². The van der Waals surface area contributed by atoms with Crippen LogP contribution < -0.4 is 4.90 Å². The van der Waals surface area contributed by atoms with Crippen molar-refractivity contribution >= 4 is 23.6 Å². The Morgan fingerprint density at radius 3 is 2.45 bits per heavy atom. The minimum absolute atomic E-state index is 0.0860. The predicted molar refractivity (Wildman–Crippen MR) is 132 cm³/mol. The maximum atomic E-state index is 13.5. The number of anilines is 1. The van der Waals surface area contributed by atoms with Crippen LogP contribution in [0.2, 0.25) is 0 Å². The maximum absolute atomic E-state index is 13.5.